The minimum Gasteiger partial charge on any atom is -0.462 e. The summed E-state index contributed by atoms with van der Waals surface area (Å²) in [6.07, 6.45) is 12.0. The summed E-state index contributed by atoms with van der Waals surface area (Å²) in [5, 5.41) is 0. The van der Waals surface area contributed by atoms with Crippen molar-refractivity contribution in [1.82, 2.24) is 0 Å². The molecule has 0 aliphatic carbocycles. The molecule has 7 atom stereocenters. The zero-order valence-electron chi connectivity index (χ0n) is 22.3. The third-order valence-electron chi connectivity index (χ3n) is 7.93. The number of hydrogen-bond donors (Lipinski definition) is 0. The summed E-state index contributed by atoms with van der Waals surface area (Å²) in [4.78, 5) is 13.1. The second-order valence-electron chi connectivity index (χ2n) is 11.0. The minimum absolute atomic E-state index is 0.00930. The van der Waals surface area contributed by atoms with Gasteiger partial charge in [0.15, 0.2) is 0 Å². The van der Waals surface area contributed by atoms with Crippen molar-refractivity contribution in [3.05, 3.63) is 35.9 Å². The van der Waals surface area contributed by atoms with Gasteiger partial charge in [-0.3, -0.25) is 4.79 Å². The summed E-state index contributed by atoms with van der Waals surface area (Å²) < 4.78 is 31.3. The van der Waals surface area contributed by atoms with Gasteiger partial charge in [0.05, 0.1) is 49.7 Å². The standard InChI is InChI=1S/C30H46O6/c1-3-4-6-12-25-15-23-13-9-14-24(34-23)16-26(32-2)17-28-18-27(19-29(35-28)20-30(31)36-25)33-21-22-10-7-5-8-11-22/h5,7-8,10-11,23-29H,3-4,6,9,12-21H2,1-2H3/t23-,24-,25-,26+,27-,28+,29+/m0/s1. The lowest BCUT2D eigenvalue weighted by molar-refractivity contribution is -0.169. The van der Waals surface area contributed by atoms with E-state index in [2.05, 4.69) is 19.1 Å². The van der Waals surface area contributed by atoms with Gasteiger partial charge in [-0.1, -0.05) is 50.1 Å². The molecule has 6 heteroatoms. The van der Waals surface area contributed by atoms with Crippen LogP contribution in [0.3, 0.4) is 0 Å². The molecule has 3 aliphatic heterocycles. The monoisotopic (exact) mass is 502 g/mol. The van der Waals surface area contributed by atoms with Crippen LogP contribution in [-0.4, -0.2) is 55.8 Å². The highest BCUT2D eigenvalue weighted by atomic mass is 16.6. The third-order valence-corrected chi connectivity index (χ3v) is 7.93. The number of fused-ring (bicyclic) bond motifs is 4. The van der Waals surface area contributed by atoms with Crippen molar-refractivity contribution in [1.29, 1.82) is 0 Å². The number of methoxy groups -OCH3 is 1. The number of rotatable bonds is 8. The minimum atomic E-state index is -0.190. The smallest absolute Gasteiger partial charge is 0.308 e. The van der Waals surface area contributed by atoms with Crippen molar-refractivity contribution in [2.45, 2.75) is 140 Å². The third kappa shape index (κ3) is 8.83. The van der Waals surface area contributed by atoms with Crippen LogP contribution < -0.4 is 0 Å². The largest absolute Gasteiger partial charge is 0.462 e. The molecule has 0 radical (unpaired) electrons. The summed E-state index contributed by atoms with van der Waals surface area (Å²) in [5.74, 6) is -0.156. The highest BCUT2D eigenvalue weighted by Gasteiger charge is 2.36. The Morgan fingerprint density at radius 3 is 2.33 bits per heavy atom. The molecule has 3 saturated heterocycles. The number of cyclic esters (lactones) is 1. The molecule has 36 heavy (non-hydrogen) atoms. The first kappa shape index (κ1) is 27.6. The Morgan fingerprint density at radius 1 is 0.861 bits per heavy atom. The molecule has 3 heterocycles. The van der Waals surface area contributed by atoms with Crippen LogP contribution in [-0.2, 0) is 35.1 Å². The highest BCUT2D eigenvalue weighted by molar-refractivity contribution is 5.70. The first-order valence-electron chi connectivity index (χ1n) is 14.3. The van der Waals surface area contributed by atoms with Gasteiger partial charge in [-0.2, -0.15) is 0 Å². The molecule has 1 aromatic rings. The first-order chi connectivity index (χ1) is 17.6. The second kappa shape index (κ2) is 14.5. The van der Waals surface area contributed by atoms with Gasteiger partial charge in [-0.15, -0.1) is 0 Å². The molecular formula is C30H46O6. The average Bonchev–Trinajstić information content (AvgIpc) is 2.87. The van der Waals surface area contributed by atoms with E-state index >= 15 is 0 Å². The fourth-order valence-corrected chi connectivity index (χ4v) is 6.04. The summed E-state index contributed by atoms with van der Waals surface area (Å²) >= 11 is 0. The van der Waals surface area contributed by atoms with Gasteiger partial charge in [0.1, 0.15) is 6.10 Å². The molecule has 0 aromatic heterocycles. The van der Waals surface area contributed by atoms with E-state index in [0.29, 0.717) is 13.0 Å². The quantitative estimate of drug-likeness (QED) is 0.314. The first-order valence-corrected chi connectivity index (χ1v) is 14.3. The van der Waals surface area contributed by atoms with Gasteiger partial charge >= 0.3 is 5.97 Å². The molecular weight excluding hydrogens is 456 g/mol. The molecule has 0 unspecified atom stereocenters. The topological polar surface area (TPSA) is 63.2 Å². The zero-order chi connectivity index (χ0) is 25.2. The number of carbonyl (C=O) groups excluding carboxylic acids is 1. The van der Waals surface area contributed by atoms with E-state index in [0.717, 1.165) is 76.2 Å². The lowest BCUT2D eigenvalue weighted by Gasteiger charge is -2.38. The maximum absolute atomic E-state index is 13.1. The van der Waals surface area contributed by atoms with Gasteiger partial charge in [0, 0.05) is 20.0 Å². The molecule has 4 bridgehead atoms. The van der Waals surface area contributed by atoms with Gasteiger partial charge in [0.2, 0.25) is 0 Å². The molecule has 4 rings (SSSR count). The van der Waals surface area contributed by atoms with Crippen molar-refractivity contribution in [2.24, 2.45) is 0 Å². The molecule has 0 amide bonds. The van der Waals surface area contributed by atoms with E-state index in [1.807, 2.05) is 18.2 Å². The molecule has 3 fully saturated rings. The zero-order valence-corrected chi connectivity index (χ0v) is 22.3. The average molecular weight is 503 g/mol. The molecule has 6 nitrogen and oxygen atoms in total. The fourth-order valence-electron chi connectivity index (χ4n) is 6.04. The van der Waals surface area contributed by atoms with Crippen molar-refractivity contribution in [3.8, 4) is 0 Å². The second-order valence-corrected chi connectivity index (χ2v) is 11.0. The number of ether oxygens (including phenoxy) is 5. The number of carbonyl (C=O) groups is 1. The lowest BCUT2D eigenvalue weighted by Crippen LogP contribution is -2.42. The Bertz CT molecular complexity index is 770. The summed E-state index contributed by atoms with van der Waals surface area (Å²) in [6.45, 7) is 2.77. The Kier molecular flexibility index (Phi) is 11.1. The van der Waals surface area contributed by atoms with Crippen LogP contribution in [0.4, 0.5) is 0 Å². The van der Waals surface area contributed by atoms with Gasteiger partial charge in [-0.05, 0) is 56.9 Å². The predicted octanol–water partition coefficient (Wildman–Crippen LogP) is 6.14. The summed E-state index contributed by atoms with van der Waals surface area (Å²) in [5.41, 5.74) is 1.16. The number of unbranched alkanes of at least 4 members (excludes halogenated alkanes) is 2. The highest BCUT2D eigenvalue weighted by Crippen LogP contribution is 2.32. The van der Waals surface area contributed by atoms with E-state index in [4.69, 9.17) is 23.7 Å². The molecule has 0 N–H and O–H groups in total. The Labute approximate surface area is 217 Å². The van der Waals surface area contributed by atoms with Crippen LogP contribution >= 0.6 is 0 Å². The maximum atomic E-state index is 13.1. The fraction of sp³-hybridized carbons (Fsp3) is 0.767. The molecule has 0 spiro atoms. The molecule has 3 aliphatic rings. The van der Waals surface area contributed by atoms with Crippen molar-refractivity contribution in [2.75, 3.05) is 7.11 Å². The van der Waals surface area contributed by atoms with Crippen LogP contribution in [0.25, 0.3) is 0 Å². The number of hydrogen-bond acceptors (Lipinski definition) is 6. The summed E-state index contributed by atoms with van der Waals surface area (Å²) in [6, 6.07) is 10.3. The number of esters is 1. The Morgan fingerprint density at radius 2 is 1.56 bits per heavy atom. The Hall–Kier alpha value is -1.47. The van der Waals surface area contributed by atoms with Crippen molar-refractivity contribution in [3.63, 3.8) is 0 Å². The van der Waals surface area contributed by atoms with Crippen LogP contribution in [0, 0.1) is 0 Å². The van der Waals surface area contributed by atoms with E-state index < -0.39 is 0 Å². The summed E-state index contributed by atoms with van der Waals surface area (Å²) in [7, 11) is 1.79. The van der Waals surface area contributed by atoms with E-state index in [1.165, 1.54) is 0 Å². The Balaban J connectivity index is 1.45. The van der Waals surface area contributed by atoms with Crippen LogP contribution in [0.1, 0.15) is 96.0 Å². The van der Waals surface area contributed by atoms with Crippen molar-refractivity contribution < 1.29 is 28.5 Å². The van der Waals surface area contributed by atoms with Crippen LogP contribution in [0.15, 0.2) is 30.3 Å². The molecule has 202 valence electrons. The van der Waals surface area contributed by atoms with E-state index in [9.17, 15) is 4.79 Å². The van der Waals surface area contributed by atoms with Gasteiger partial charge < -0.3 is 23.7 Å². The van der Waals surface area contributed by atoms with Gasteiger partial charge in [0.25, 0.3) is 0 Å². The number of benzene rings is 1. The maximum Gasteiger partial charge on any atom is 0.308 e. The lowest BCUT2D eigenvalue weighted by atomic mass is 9.91. The SMILES string of the molecule is CCCCC[C@H]1C[C@@H]2CCC[C@@H](C[C@@H](OC)C[C@@H]3C[C@H](OCc4ccccc4)C[C@H](CC(=O)O1)O3)O2. The van der Waals surface area contributed by atoms with Gasteiger partial charge in [-0.25, -0.2) is 0 Å². The predicted molar refractivity (Wildman–Crippen MR) is 139 cm³/mol. The normalized spacial score (nSPS) is 33.9. The van der Waals surface area contributed by atoms with E-state index in [1.54, 1.807) is 7.11 Å². The molecule has 1 aromatic carbocycles. The van der Waals surface area contributed by atoms with Crippen LogP contribution in [0.5, 0.6) is 0 Å². The van der Waals surface area contributed by atoms with Crippen LogP contribution in [0.2, 0.25) is 0 Å². The molecule has 0 saturated carbocycles. The van der Waals surface area contributed by atoms with E-state index in [-0.39, 0.29) is 55.1 Å². The van der Waals surface area contributed by atoms with Crippen molar-refractivity contribution >= 4 is 5.97 Å².